The second-order valence-corrected chi connectivity index (χ2v) is 9.10. The number of nitrogens with zero attached hydrogens (tertiary/aromatic N) is 2. The lowest BCUT2D eigenvalue weighted by Crippen LogP contribution is -2.26. The number of alkyl halides is 1. The van der Waals surface area contributed by atoms with Gasteiger partial charge in [-0.1, -0.05) is 19.8 Å². The number of amides is 1. The van der Waals surface area contributed by atoms with E-state index in [-0.39, 0.29) is 17.5 Å². The van der Waals surface area contributed by atoms with Crippen molar-refractivity contribution in [3.63, 3.8) is 0 Å². The number of aromatic nitrogens is 3. The number of rotatable bonds is 7. The Balaban J connectivity index is 1.59. The summed E-state index contributed by atoms with van der Waals surface area (Å²) in [6.07, 6.45) is 6.65. The van der Waals surface area contributed by atoms with Gasteiger partial charge >= 0.3 is 0 Å². The van der Waals surface area contributed by atoms with Gasteiger partial charge in [0.15, 0.2) is 5.82 Å². The van der Waals surface area contributed by atoms with Crippen LogP contribution in [0.4, 0.5) is 4.39 Å². The average Bonchev–Trinajstić information content (AvgIpc) is 3.25. The van der Waals surface area contributed by atoms with E-state index in [9.17, 15) is 4.79 Å². The van der Waals surface area contributed by atoms with E-state index in [1.807, 2.05) is 0 Å². The Morgan fingerprint density at radius 3 is 2.84 bits per heavy atom. The number of nitrogens with two attached hydrogens (primary N) is 1. The van der Waals surface area contributed by atoms with Gasteiger partial charge in [-0.25, -0.2) is 9.37 Å². The Labute approximate surface area is 192 Å². The fourth-order valence-electron chi connectivity index (χ4n) is 4.37. The predicted octanol–water partition coefficient (Wildman–Crippen LogP) is 4.95. The number of aromatic amines is 1. The summed E-state index contributed by atoms with van der Waals surface area (Å²) in [5.74, 6) is 1.47. The standard InChI is InChI=1S/C24H29ClFN5O/c1-14-3-5-15(6-4-14)21(27)23-30-18-8-7-17(20(26)22(18)31-23)19-13-16(9-12-28-19)24(32)29-11-2-10-25/h7-9,12-15,21H,2-6,10-11,27H2,1H3,(H,29,32)(H,30,31)/t14?,15?,21-/m0/s1. The molecule has 0 spiro atoms. The van der Waals surface area contributed by atoms with Crippen LogP contribution in [-0.4, -0.2) is 33.3 Å². The monoisotopic (exact) mass is 457 g/mol. The van der Waals surface area contributed by atoms with Crippen LogP contribution < -0.4 is 11.1 Å². The molecule has 6 nitrogen and oxygen atoms in total. The lowest BCUT2D eigenvalue weighted by atomic mass is 9.79. The number of halogens is 2. The van der Waals surface area contributed by atoms with E-state index in [0.717, 1.165) is 18.8 Å². The van der Waals surface area contributed by atoms with Gasteiger partial charge < -0.3 is 16.0 Å². The molecule has 4 N–H and O–H groups in total. The Hall–Kier alpha value is -2.51. The highest BCUT2D eigenvalue weighted by molar-refractivity contribution is 6.17. The molecule has 0 saturated heterocycles. The molecular weight excluding hydrogens is 429 g/mol. The van der Waals surface area contributed by atoms with Crippen LogP contribution in [0.5, 0.6) is 0 Å². The first-order valence-corrected chi connectivity index (χ1v) is 11.8. The number of pyridine rings is 1. The summed E-state index contributed by atoms with van der Waals surface area (Å²) in [5, 5.41) is 2.80. The van der Waals surface area contributed by atoms with E-state index in [1.165, 1.54) is 19.0 Å². The molecule has 3 aromatic rings. The van der Waals surface area contributed by atoms with Crippen LogP contribution in [-0.2, 0) is 0 Å². The number of carbonyl (C=O) groups excluding carboxylic acids is 1. The van der Waals surface area contributed by atoms with Crippen molar-refractivity contribution in [1.29, 1.82) is 0 Å². The highest BCUT2D eigenvalue weighted by atomic mass is 35.5. The summed E-state index contributed by atoms with van der Waals surface area (Å²) in [5.41, 5.74) is 8.45. The van der Waals surface area contributed by atoms with Crippen molar-refractivity contribution in [2.75, 3.05) is 12.4 Å². The number of nitrogens with one attached hydrogen (secondary N) is 2. The second-order valence-electron chi connectivity index (χ2n) is 8.72. The fraction of sp³-hybridized carbons (Fsp3) is 0.458. The number of fused-ring (bicyclic) bond motifs is 1. The highest BCUT2D eigenvalue weighted by Gasteiger charge is 2.27. The van der Waals surface area contributed by atoms with Gasteiger partial charge in [0.1, 0.15) is 11.3 Å². The van der Waals surface area contributed by atoms with Crippen LogP contribution in [0.3, 0.4) is 0 Å². The van der Waals surface area contributed by atoms with Crippen LogP contribution in [0.1, 0.15) is 61.3 Å². The van der Waals surface area contributed by atoms with Crippen molar-refractivity contribution in [3.05, 3.63) is 47.7 Å². The molecular formula is C24H29ClFN5O. The zero-order valence-electron chi connectivity index (χ0n) is 18.2. The number of hydrogen-bond acceptors (Lipinski definition) is 4. The maximum Gasteiger partial charge on any atom is 0.251 e. The predicted molar refractivity (Wildman–Crippen MR) is 125 cm³/mol. The molecule has 1 aromatic carbocycles. The summed E-state index contributed by atoms with van der Waals surface area (Å²) >= 11 is 5.65. The molecule has 32 heavy (non-hydrogen) atoms. The SMILES string of the molecule is CC1CCC([C@H](N)c2nc3c(F)c(-c4cc(C(=O)NCCCCl)ccn4)ccc3[nH]2)CC1. The van der Waals surface area contributed by atoms with E-state index in [4.69, 9.17) is 17.3 Å². The Kier molecular flexibility index (Phi) is 7.06. The lowest BCUT2D eigenvalue weighted by molar-refractivity contribution is 0.0953. The minimum absolute atomic E-state index is 0.240. The molecule has 2 heterocycles. The highest BCUT2D eigenvalue weighted by Crippen LogP contribution is 2.36. The smallest absolute Gasteiger partial charge is 0.251 e. The summed E-state index contributed by atoms with van der Waals surface area (Å²) in [6, 6.07) is 6.39. The van der Waals surface area contributed by atoms with E-state index < -0.39 is 5.82 Å². The van der Waals surface area contributed by atoms with Crippen molar-refractivity contribution in [1.82, 2.24) is 20.3 Å². The van der Waals surface area contributed by atoms with Crippen LogP contribution in [0, 0.1) is 17.7 Å². The first-order chi connectivity index (χ1) is 15.5. The van der Waals surface area contributed by atoms with Gasteiger partial charge in [0.25, 0.3) is 5.91 Å². The molecule has 0 unspecified atom stereocenters. The van der Waals surface area contributed by atoms with E-state index in [2.05, 4.69) is 27.2 Å². The molecule has 0 bridgehead atoms. The van der Waals surface area contributed by atoms with Gasteiger partial charge in [-0.05, 0) is 55.4 Å². The summed E-state index contributed by atoms with van der Waals surface area (Å²) in [7, 11) is 0. The molecule has 1 saturated carbocycles. The Morgan fingerprint density at radius 2 is 2.09 bits per heavy atom. The molecule has 8 heteroatoms. The maximum atomic E-state index is 15.4. The molecule has 1 atom stereocenters. The normalized spacial score (nSPS) is 19.8. The van der Waals surface area contributed by atoms with E-state index in [0.29, 0.717) is 52.9 Å². The van der Waals surface area contributed by atoms with E-state index in [1.54, 1.807) is 24.3 Å². The van der Waals surface area contributed by atoms with Gasteiger partial charge in [0.05, 0.1) is 17.3 Å². The first kappa shape index (κ1) is 22.7. The summed E-state index contributed by atoms with van der Waals surface area (Å²) in [6.45, 7) is 2.75. The zero-order valence-corrected chi connectivity index (χ0v) is 19.0. The number of H-pyrrole nitrogens is 1. The summed E-state index contributed by atoms with van der Waals surface area (Å²) < 4.78 is 15.4. The molecule has 0 aliphatic heterocycles. The fourth-order valence-corrected chi connectivity index (χ4v) is 4.51. The maximum absolute atomic E-state index is 15.4. The number of benzene rings is 1. The van der Waals surface area contributed by atoms with Crippen LogP contribution in [0.2, 0.25) is 0 Å². The van der Waals surface area contributed by atoms with Gasteiger partial charge in [-0.3, -0.25) is 9.78 Å². The first-order valence-electron chi connectivity index (χ1n) is 11.2. The topological polar surface area (TPSA) is 96.7 Å². The third kappa shape index (κ3) is 4.79. The van der Waals surface area contributed by atoms with Crippen molar-refractivity contribution in [2.24, 2.45) is 17.6 Å². The number of imidazole rings is 1. The molecule has 1 aliphatic carbocycles. The van der Waals surface area contributed by atoms with Crippen molar-refractivity contribution in [3.8, 4) is 11.3 Å². The number of hydrogen-bond donors (Lipinski definition) is 3. The third-order valence-electron chi connectivity index (χ3n) is 6.39. The van der Waals surface area contributed by atoms with Gasteiger partial charge in [-0.15, -0.1) is 11.6 Å². The molecule has 1 fully saturated rings. The largest absolute Gasteiger partial charge is 0.352 e. The summed E-state index contributed by atoms with van der Waals surface area (Å²) in [4.78, 5) is 24.4. The molecule has 170 valence electrons. The lowest BCUT2D eigenvalue weighted by Gasteiger charge is -2.29. The molecule has 1 amide bonds. The average molecular weight is 458 g/mol. The molecule has 4 rings (SSSR count). The minimum atomic E-state index is -0.471. The van der Waals surface area contributed by atoms with Crippen LogP contribution in [0.25, 0.3) is 22.3 Å². The molecule has 0 radical (unpaired) electrons. The quantitative estimate of drug-likeness (QED) is 0.345. The van der Waals surface area contributed by atoms with Crippen LogP contribution in [0.15, 0.2) is 30.5 Å². The van der Waals surface area contributed by atoms with Crippen LogP contribution >= 0.6 is 11.6 Å². The second kappa shape index (κ2) is 9.96. The van der Waals surface area contributed by atoms with Crippen molar-refractivity contribution < 1.29 is 9.18 Å². The Bertz CT molecular complexity index is 1090. The van der Waals surface area contributed by atoms with Crippen molar-refractivity contribution >= 4 is 28.5 Å². The Morgan fingerprint density at radius 1 is 1.31 bits per heavy atom. The van der Waals surface area contributed by atoms with E-state index >= 15 is 4.39 Å². The minimum Gasteiger partial charge on any atom is -0.352 e. The van der Waals surface area contributed by atoms with Gasteiger partial charge in [0, 0.05) is 29.7 Å². The third-order valence-corrected chi connectivity index (χ3v) is 6.66. The van der Waals surface area contributed by atoms with Gasteiger partial charge in [-0.2, -0.15) is 0 Å². The number of carbonyl (C=O) groups is 1. The zero-order chi connectivity index (χ0) is 22.7. The molecule has 2 aromatic heterocycles. The molecule has 1 aliphatic rings. The van der Waals surface area contributed by atoms with Crippen molar-refractivity contribution in [2.45, 2.75) is 45.1 Å². The van der Waals surface area contributed by atoms with Gasteiger partial charge in [0.2, 0.25) is 0 Å².